The molecule has 7 nitrogen and oxygen atoms in total. The van der Waals surface area contributed by atoms with E-state index in [2.05, 4.69) is 0 Å². The maximum absolute atomic E-state index is 11.7. The van der Waals surface area contributed by atoms with Gasteiger partial charge in [-0.05, 0) is 12.2 Å². The number of hydroxylamine groups is 3. The van der Waals surface area contributed by atoms with Crippen LogP contribution in [0.4, 0.5) is 0 Å². The maximum Gasteiger partial charge on any atom is 0.372 e. The Morgan fingerprint density at radius 3 is 3.00 bits per heavy atom. The molecule has 0 spiro atoms. The molecule has 0 bridgehead atoms. The quantitative estimate of drug-likeness (QED) is 0.460. The molecule has 7 heteroatoms. The number of amidine groups is 1. The van der Waals surface area contributed by atoms with Crippen molar-refractivity contribution in [1.29, 1.82) is 0 Å². The van der Waals surface area contributed by atoms with Crippen molar-refractivity contribution in [1.82, 2.24) is 5.06 Å². The Hall–Kier alpha value is -2.02. The molecular weight excluding hydrogens is 214 g/mol. The summed E-state index contributed by atoms with van der Waals surface area (Å²) in [6.45, 7) is 0. The Morgan fingerprint density at radius 1 is 1.75 bits per heavy atom. The number of hydrogen-bond acceptors (Lipinski definition) is 5. The van der Waals surface area contributed by atoms with Gasteiger partial charge in [-0.25, -0.2) is 9.95 Å². The van der Waals surface area contributed by atoms with Crippen LogP contribution in [0.2, 0.25) is 0 Å². The zero-order chi connectivity index (χ0) is 11.9. The van der Waals surface area contributed by atoms with Gasteiger partial charge in [0, 0.05) is 6.08 Å². The van der Waals surface area contributed by atoms with Gasteiger partial charge in [0.1, 0.15) is 5.76 Å². The van der Waals surface area contributed by atoms with Gasteiger partial charge in [0.15, 0.2) is 12.1 Å². The number of allylic oxidation sites excluding steroid dienone is 1. The zero-order valence-corrected chi connectivity index (χ0v) is 8.53. The normalized spacial score (nSPS) is 27.9. The van der Waals surface area contributed by atoms with Gasteiger partial charge < -0.3 is 15.7 Å². The molecule has 2 unspecified atom stereocenters. The molecule has 0 saturated heterocycles. The van der Waals surface area contributed by atoms with Gasteiger partial charge in [-0.15, -0.1) is 5.06 Å². The first kappa shape index (κ1) is 10.5. The van der Waals surface area contributed by atoms with Crippen LogP contribution in [-0.2, 0) is 9.53 Å². The second-order valence-corrected chi connectivity index (χ2v) is 3.47. The third-order valence-corrected chi connectivity index (χ3v) is 2.58. The van der Waals surface area contributed by atoms with Gasteiger partial charge >= 0.3 is 11.7 Å². The Kier molecular flexibility index (Phi) is 2.31. The number of primary amides is 1. The first-order valence-corrected chi connectivity index (χ1v) is 4.61. The molecule has 1 amide bonds. The molecule has 16 heavy (non-hydrogen) atoms. The lowest BCUT2D eigenvalue weighted by atomic mass is 10.0. The van der Waals surface area contributed by atoms with Crippen LogP contribution < -0.4 is 5.73 Å². The van der Waals surface area contributed by atoms with E-state index in [4.69, 9.17) is 10.5 Å². The summed E-state index contributed by atoms with van der Waals surface area (Å²) in [4.78, 5) is 11.0. The Balaban J connectivity index is 2.40. The van der Waals surface area contributed by atoms with Crippen molar-refractivity contribution in [2.75, 3.05) is 7.11 Å². The number of carbonyl (C=O) groups excluding carboxylic acids is 1. The van der Waals surface area contributed by atoms with Crippen LogP contribution in [0.5, 0.6) is 0 Å². The highest BCUT2D eigenvalue weighted by Gasteiger charge is 2.47. The first-order valence-electron chi connectivity index (χ1n) is 4.61. The fourth-order valence-electron chi connectivity index (χ4n) is 1.80. The second kappa shape index (κ2) is 3.53. The van der Waals surface area contributed by atoms with Gasteiger partial charge in [-0.1, -0.05) is 0 Å². The molecule has 2 atom stereocenters. The van der Waals surface area contributed by atoms with Crippen LogP contribution in [0, 0.1) is 5.21 Å². The predicted octanol–water partition coefficient (Wildman–Crippen LogP) is -1.08. The highest BCUT2D eigenvalue weighted by molar-refractivity contribution is 6.35. The van der Waals surface area contributed by atoms with E-state index >= 15 is 0 Å². The van der Waals surface area contributed by atoms with Gasteiger partial charge in [0.05, 0.1) is 7.11 Å². The topological polar surface area (TPSA) is 102 Å². The largest absolute Gasteiger partial charge is 0.714 e. The lowest BCUT2D eigenvalue weighted by Gasteiger charge is -2.19. The molecule has 0 aromatic rings. The lowest BCUT2D eigenvalue weighted by molar-refractivity contribution is -0.478. The van der Waals surface area contributed by atoms with Crippen LogP contribution in [0.3, 0.4) is 0 Å². The first-order chi connectivity index (χ1) is 7.56. The predicted molar refractivity (Wildman–Crippen MR) is 53.3 cm³/mol. The third-order valence-electron chi connectivity index (χ3n) is 2.58. The molecule has 0 saturated carbocycles. The minimum atomic E-state index is -0.965. The van der Waals surface area contributed by atoms with E-state index in [0.717, 1.165) is 0 Å². The van der Waals surface area contributed by atoms with Crippen molar-refractivity contribution in [2.24, 2.45) is 5.73 Å². The highest BCUT2D eigenvalue weighted by Crippen LogP contribution is 2.23. The monoisotopic (exact) mass is 225 g/mol. The van der Waals surface area contributed by atoms with Crippen LogP contribution in [0.15, 0.2) is 24.0 Å². The van der Waals surface area contributed by atoms with E-state index in [0.29, 0.717) is 15.6 Å². The summed E-state index contributed by atoms with van der Waals surface area (Å²) in [6.07, 6.45) is 4.71. The summed E-state index contributed by atoms with van der Waals surface area (Å²) in [5.74, 6) is -0.929. The Bertz CT molecular complexity index is 426. The third kappa shape index (κ3) is 1.33. The summed E-state index contributed by atoms with van der Waals surface area (Å²) >= 11 is 0. The van der Waals surface area contributed by atoms with Gasteiger partial charge in [-0.2, -0.15) is 0 Å². The van der Waals surface area contributed by atoms with Gasteiger partial charge in [0.25, 0.3) is 0 Å². The summed E-state index contributed by atoms with van der Waals surface area (Å²) in [5, 5.41) is 21.9. The fraction of sp³-hybridized carbons (Fsp3) is 0.333. The fourth-order valence-corrected chi connectivity index (χ4v) is 1.80. The van der Waals surface area contributed by atoms with E-state index < -0.39 is 23.8 Å². The van der Waals surface area contributed by atoms with Crippen LogP contribution in [0.25, 0.3) is 0 Å². The molecule has 2 aliphatic rings. The number of carbonyl (C=O) groups is 1. The SMILES string of the molecule is COC1=CC2C(C=C1)N(O)C(C(N)=O)=[N+]2[O-]. The number of ether oxygens (including phenoxy) is 1. The molecule has 2 rings (SSSR count). The smallest absolute Gasteiger partial charge is 0.372 e. The van der Waals surface area contributed by atoms with Crippen molar-refractivity contribution >= 4 is 11.7 Å². The van der Waals surface area contributed by atoms with Crippen molar-refractivity contribution in [3.05, 3.63) is 29.2 Å². The standard InChI is InChI=1S/C9H11N3O4/c1-16-5-2-3-6-7(4-5)12(15)9(8(10)13)11(6)14/h2-4,6-7,14H,1H3,(H2,10,13). The number of nitrogens with zero attached hydrogens (tertiary/aromatic N) is 2. The summed E-state index contributed by atoms with van der Waals surface area (Å²) < 4.78 is 5.35. The average Bonchev–Trinajstić information content (AvgIpc) is 2.51. The molecule has 3 N–H and O–H groups in total. The minimum Gasteiger partial charge on any atom is -0.714 e. The molecule has 86 valence electrons. The lowest BCUT2D eigenvalue weighted by Crippen LogP contribution is -2.41. The van der Waals surface area contributed by atoms with E-state index in [9.17, 15) is 15.2 Å². The number of amides is 1. The average molecular weight is 225 g/mol. The molecular formula is C9H11N3O4. The van der Waals surface area contributed by atoms with E-state index in [1.54, 1.807) is 12.2 Å². The Labute approximate surface area is 91.2 Å². The second-order valence-electron chi connectivity index (χ2n) is 3.47. The zero-order valence-electron chi connectivity index (χ0n) is 8.53. The summed E-state index contributed by atoms with van der Waals surface area (Å²) in [7, 11) is 1.47. The molecule has 0 fully saturated rings. The van der Waals surface area contributed by atoms with E-state index in [1.165, 1.54) is 13.2 Å². The van der Waals surface area contributed by atoms with E-state index in [-0.39, 0.29) is 0 Å². The van der Waals surface area contributed by atoms with Crippen LogP contribution >= 0.6 is 0 Å². The molecule has 1 aliphatic heterocycles. The van der Waals surface area contributed by atoms with Crippen molar-refractivity contribution in [2.45, 2.75) is 12.1 Å². The molecule has 0 aromatic carbocycles. The molecule has 1 aliphatic carbocycles. The van der Waals surface area contributed by atoms with Crippen molar-refractivity contribution in [3.8, 4) is 0 Å². The van der Waals surface area contributed by atoms with Gasteiger partial charge in [-0.3, -0.25) is 4.79 Å². The maximum atomic E-state index is 11.7. The molecule has 1 heterocycles. The Morgan fingerprint density at radius 2 is 2.44 bits per heavy atom. The van der Waals surface area contributed by atoms with Gasteiger partial charge in [0.2, 0.25) is 0 Å². The van der Waals surface area contributed by atoms with Crippen molar-refractivity contribution in [3.63, 3.8) is 0 Å². The molecule has 0 aromatic heterocycles. The number of methoxy groups -OCH3 is 1. The summed E-state index contributed by atoms with van der Waals surface area (Å²) in [5.41, 5.74) is 5.00. The number of hydrogen-bond donors (Lipinski definition) is 2. The van der Waals surface area contributed by atoms with Crippen molar-refractivity contribution < 1.29 is 19.5 Å². The highest BCUT2D eigenvalue weighted by atomic mass is 16.5. The minimum absolute atomic E-state index is 0.384. The molecule has 0 radical (unpaired) electrons. The van der Waals surface area contributed by atoms with E-state index in [1.807, 2.05) is 0 Å². The number of rotatable bonds is 2. The summed E-state index contributed by atoms with van der Waals surface area (Å²) in [6, 6.07) is -1.31. The van der Waals surface area contributed by atoms with Crippen LogP contribution in [-0.4, -0.2) is 45.9 Å². The van der Waals surface area contributed by atoms with Crippen LogP contribution in [0.1, 0.15) is 0 Å². The number of nitrogens with two attached hydrogens (primary N) is 1. The number of fused-ring (bicyclic) bond motifs is 1.